The average Bonchev–Trinajstić information content (AvgIpc) is 2.78. The summed E-state index contributed by atoms with van der Waals surface area (Å²) in [5, 5.41) is 19.8. The normalized spacial score (nSPS) is 15.1. The zero-order valence-electron chi connectivity index (χ0n) is 16.2. The van der Waals surface area contributed by atoms with Crippen LogP contribution in [0.2, 0.25) is 5.02 Å². The molecule has 1 aromatic heterocycles. The molecule has 8 heteroatoms. The second-order valence-corrected chi connectivity index (χ2v) is 7.18. The number of nitrogens with zero attached hydrogens (tertiary/aromatic N) is 1. The number of halogens is 1. The summed E-state index contributed by atoms with van der Waals surface area (Å²) in [6, 6.07) is 17.5. The predicted octanol–water partition coefficient (Wildman–Crippen LogP) is 3.58. The van der Waals surface area contributed by atoms with Gasteiger partial charge in [-0.25, -0.2) is 0 Å². The van der Waals surface area contributed by atoms with Crippen LogP contribution in [0.3, 0.4) is 0 Å². The maximum Gasteiger partial charge on any atom is 0.228 e. The molecule has 0 radical (unpaired) electrons. The highest BCUT2D eigenvalue weighted by atomic mass is 35.5. The number of nitrogens with two attached hydrogens (primary N) is 1. The van der Waals surface area contributed by atoms with E-state index in [1.165, 1.54) is 0 Å². The standard InChI is InChI=1S/C23H17ClN2O5/c24-17-7-3-1-5-13(17)12-29-19-8-4-2-6-15(19)20-16(10-25)23(26)31-21-18(28)9-14(11-27)30-22(20)21/h1-9,20,27H,11-12,26H2/t20-/m1/s1. The molecule has 0 saturated heterocycles. The van der Waals surface area contributed by atoms with Gasteiger partial charge in [0.1, 0.15) is 36.4 Å². The molecule has 0 fully saturated rings. The predicted molar refractivity (Wildman–Crippen MR) is 112 cm³/mol. The number of hydrogen-bond acceptors (Lipinski definition) is 7. The van der Waals surface area contributed by atoms with Crippen molar-refractivity contribution in [3.8, 4) is 17.6 Å². The summed E-state index contributed by atoms with van der Waals surface area (Å²) in [6.07, 6.45) is 0. The van der Waals surface area contributed by atoms with E-state index in [1.54, 1.807) is 30.3 Å². The molecule has 0 saturated carbocycles. The number of allylic oxidation sites excluding steroid dienone is 1. The van der Waals surface area contributed by atoms with Gasteiger partial charge in [-0.1, -0.05) is 48.0 Å². The first-order valence-electron chi connectivity index (χ1n) is 9.34. The summed E-state index contributed by atoms with van der Waals surface area (Å²) in [6.45, 7) is -0.296. The van der Waals surface area contributed by atoms with Crippen LogP contribution < -0.4 is 20.6 Å². The van der Waals surface area contributed by atoms with Crippen molar-refractivity contribution in [3.63, 3.8) is 0 Å². The number of para-hydroxylation sites is 1. The Hall–Kier alpha value is -3.73. The third-order valence-electron chi connectivity index (χ3n) is 4.86. The Morgan fingerprint density at radius 1 is 1.19 bits per heavy atom. The Labute approximate surface area is 182 Å². The Balaban J connectivity index is 1.82. The summed E-state index contributed by atoms with van der Waals surface area (Å²) >= 11 is 6.22. The zero-order valence-corrected chi connectivity index (χ0v) is 16.9. The van der Waals surface area contributed by atoms with E-state index in [0.717, 1.165) is 11.6 Å². The Morgan fingerprint density at radius 3 is 2.68 bits per heavy atom. The molecule has 3 aromatic rings. The highest BCUT2D eigenvalue weighted by molar-refractivity contribution is 6.31. The van der Waals surface area contributed by atoms with Crippen LogP contribution in [0, 0.1) is 11.3 Å². The van der Waals surface area contributed by atoms with E-state index in [-0.39, 0.29) is 35.3 Å². The van der Waals surface area contributed by atoms with Crippen molar-refractivity contribution in [2.45, 2.75) is 19.1 Å². The van der Waals surface area contributed by atoms with Crippen LogP contribution in [0.1, 0.15) is 28.6 Å². The molecule has 31 heavy (non-hydrogen) atoms. The van der Waals surface area contributed by atoms with Crippen molar-refractivity contribution in [2.24, 2.45) is 5.73 Å². The van der Waals surface area contributed by atoms with Gasteiger partial charge in [0, 0.05) is 22.2 Å². The minimum absolute atomic E-state index is 0.0459. The van der Waals surface area contributed by atoms with Gasteiger partial charge >= 0.3 is 0 Å². The number of nitriles is 1. The first-order valence-corrected chi connectivity index (χ1v) is 9.71. The minimum Gasteiger partial charge on any atom is -0.489 e. The van der Waals surface area contributed by atoms with Crippen LogP contribution in [0.5, 0.6) is 11.5 Å². The second-order valence-electron chi connectivity index (χ2n) is 6.77. The lowest BCUT2D eigenvalue weighted by Gasteiger charge is -2.26. The molecular formula is C23H17ClN2O5. The molecule has 0 unspecified atom stereocenters. The van der Waals surface area contributed by atoms with Crippen LogP contribution >= 0.6 is 11.6 Å². The fourth-order valence-corrected chi connectivity index (χ4v) is 3.59. The van der Waals surface area contributed by atoms with Gasteiger partial charge in [-0.15, -0.1) is 0 Å². The minimum atomic E-state index is -0.851. The Bertz CT molecular complexity index is 1280. The maximum atomic E-state index is 12.5. The third kappa shape index (κ3) is 3.87. The topological polar surface area (TPSA) is 119 Å². The molecule has 0 spiro atoms. The van der Waals surface area contributed by atoms with Crippen molar-refractivity contribution in [1.82, 2.24) is 0 Å². The highest BCUT2D eigenvalue weighted by Gasteiger charge is 2.36. The molecule has 1 aliphatic heterocycles. The monoisotopic (exact) mass is 436 g/mol. The number of benzene rings is 2. The number of aliphatic hydroxyl groups is 1. The third-order valence-corrected chi connectivity index (χ3v) is 5.23. The van der Waals surface area contributed by atoms with E-state index in [4.69, 9.17) is 31.2 Å². The first kappa shape index (κ1) is 20.5. The molecule has 0 bridgehead atoms. The van der Waals surface area contributed by atoms with Crippen molar-refractivity contribution in [2.75, 3.05) is 0 Å². The molecule has 0 amide bonds. The molecule has 1 aliphatic rings. The fraction of sp³-hybridized carbons (Fsp3) is 0.130. The summed E-state index contributed by atoms with van der Waals surface area (Å²) in [5.41, 5.74) is 6.85. The number of rotatable bonds is 5. The summed E-state index contributed by atoms with van der Waals surface area (Å²) < 4.78 is 17.1. The largest absolute Gasteiger partial charge is 0.489 e. The molecule has 2 heterocycles. The molecule has 0 aliphatic carbocycles. The fourth-order valence-electron chi connectivity index (χ4n) is 3.39. The van der Waals surface area contributed by atoms with Crippen LogP contribution in [-0.4, -0.2) is 5.11 Å². The first-order chi connectivity index (χ1) is 15.0. The SMILES string of the molecule is N#CC1=C(N)Oc2c(oc(CO)cc2=O)[C@@H]1c1ccccc1OCc1ccccc1Cl. The van der Waals surface area contributed by atoms with Gasteiger partial charge in [0.25, 0.3) is 0 Å². The molecule has 156 valence electrons. The van der Waals surface area contributed by atoms with Gasteiger partial charge in [-0.2, -0.15) is 5.26 Å². The number of ether oxygens (including phenoxy) is 2. The van der Waals surface area contributed by atoms with Crippen LogP contribution in [-0.2, 0) is 13.2 Å². The highest BCUT2D eigenvalue weighted by Crippen LogP contribution is 2.44. The molecule has 1 atom stereocenters. The van der Waals surface area contributed by atoms with Crippen LogP contribution in [0.25, 0.3) is 0 Å². The van der Waals surface area contributed by atoms with Gasteiger partial charge in [0.05, 0.1) is 5.92 Å². The zero-order chi connectivity index (χ0) is 22.0. The molecule has 2 aromatic carbocycles. The van der Waals surface area contributed by atoms with Crippen molar-refractivity contribution in [1.29, 1.82) is 5.26 Å². The van der Waals surface area contributed by atoms with E-state index in [1.807, 2.05) is 24.3 Å². The van der Waals surface area contributed by atoms with E-state index in [9.17, 15) is 15.2 Å². The van der Waals surface area contributed by atoms with E-state index in [0.29, 0.717) is 16.3 Å². The van der Waals surface area contributed by atoms with Gasteiger partial charge in [-0.05, 0) is 12.1 Å². The Morgan fingerprint density at radius 2 is 1.94 bits per heavy atom. The van der Waals surface area contributed by atoms with Gasteiger partial charge in [-0.3, -0.25) is 4.79 Å². The summed E-state index contributed by atoms with van der Waals surface area (Å²) in [7, 11) is 0. The van der Waals surface area contributed by atoms with Crippen molar-refractivity contribution < 1.29 is 19.0 Å². The Kier molecular flexibility index (Phi) is 5.67. The molecule has 4 rings (SSSR count). The van der Waals surface area contributed by atoms with E-state index >= 15 is 0 Å². The smallest absolute Gasteiger partial charge is 0.228 e. The average molecular weight is 437 g/mol. The van der Waals surface area contributed by atoms with Crippen molar-refractivity contribution >= 4 is 11.6 Å². The van der Waals surface area contributed by atoms with Gasteiger partial charge in [0.15, 0.2) is 5.76 Å². The maximum absolute atomic E-state index is 12.5. The lowest BCUT2D eigenvalue weighted by molar-refractivity contribution is 0.231. The molecule has 7 nitrogen and oxygen atoms in total. The molecular weight excluding hydrogens is 420 g/mol. The molecule has 3 N–H and O–H groups in total. The second kappa shape index (κ2) is 8.56. The number of hydrogen-bond donors (Lipinski definition) is 2. The summed E-state index contributed by atoms with van der Waals surface area (Å²) in [5.74, 6) is -0.585. The lowest BCUT2D eigenvalue weighted by Crippen LogP contribution is -2.25. The van der Waals surface area contributed by atoms with Crippen molar-refractivity contribution in [3.05, 3.63) is 104 Å². The summed E-state index contributed by atoms with van der Waals surface area (Å²) in [4.78, 5) is 12.5. The van der Waals surface area contributed by atoms with Gasteiger partial charge < -0.3 is 24.7 Å². The number of fused-ring (bicyclic) bond motifs is 1. The number of aliphatic hydroxyl groups excluding tert-OH is 1. The quantitative estimate of drug-likeness (QED) is 0.627. The lowest BCUT2D eigenvalue weighted by atomic mass is 9.87. The van der Waals surface area contributed by atoms with E-state index < -0.39 is 18.0 Å². The van der Waals surface area contributed by atoms with E-state index in [2.05, 4.69) is 0 Å². The van der Waals surface area contributed by atoms with Crippen LogP contribution in [0.4, 0.5) is 0 Å². The van der Waals surface area contributed by atoms with Gasteiger partial charge in [0.2, 0.25) is 17.1 Å². The van der Waals surface area contributed by atoms with Crippen LogP contribution in [0.15, 0.2) is 75.3 Å².